The minimum Gasteiger partial charge on any atom is -0.480 e. The number of carboxylic acids is 1. The highest BCUT2D eigenvalue weighted by atomic mass is 16.5. The Labute approximate surface area is 65.3 Å². The predicted molar refractivity (Wildman–Crippen MR) is 39.2 cm³/mol. The highest BCUT2D eigenvalue weighted by Crippen LogP contribution is 2.28. The molecule has 0 radical (unpaired) electrons. The van der Waals surface area contributed by atoms with Gasteiger partial charge < -0.3 is 15.6 Å². The molecule has 4 nitrogen and oxygen atoms in total. The van der Waals surface area contributed by atoms with Crippen molar-refractivity contribution in [2.24, 2.45) is 11.7 Å². The molecule has 0 bridgehead atoms. The van der Waals surface area contributed by atoms with E-state index in [0.717, 1.165) is 0 Å². The maximum absolute atomic E-state index is 10.2. The highest BCUT2D eigenvalue weighted by molar-refractivity contribution is 5.73. The lowest BCUT2D eigenvalue weighted by Crippen LogP contribution is -2.35. The quantitative estimate of drug-likeness (QED) is 0.584. The van der Waals surface area contributed by atoms with Crippen LogP contribution in [0.4, 0.5) is 0 Å². The van der Waals surface area contributed by atoms with Crippen LogP contribution < -0.4 is 5.73 Å². The van der Waals surface area contributed by atoms with Gasteiger partial charge in [-0.05, 0) is 18.8 Å². The van der Waals surface area contributed by atoms with E-state index in [4.69, 9.17) is 15.6 Å². The molecule has 64 valence electrons. The first-order valence-electron chi connectivity index (χ1n) is 3.76. The Bertz CT molecular complexity index is 145. The number of aliphatic carboxylic acids is 1. The second kappa shape index (κ2) is 3.69. The lowest BCUT2D eigenvalue weighted by Gasteiger charge is -2.06. The molecule has 11 heavy (non-hydrogen) atoms. The van der Waals surface area contributed by atoms with E-state index in [2.05, 4.69) is 0 Å². The minimum absolute atomic E-state index is 0.131. The van der Waals surface area contributed by atoms with Crippen molar-refractivity contribution in [3.05, 3.63) is 0 Å². The molecule has 1 saturated carbocycles. The SMILES string of the molecule is N[C@H](COCC1CC1)C(=O)O. The van der Waals surface area contributed by atoms with E-state index >= 15 is 0 Å². The standard InChI is InChI=1S/C7H13NO3/c8-6(7(9)10)4-11-3-5-1-2-5/h5-6H,1-4,8H2,(H,9,10)/t6-/m1/s1. The Morgan fingerprint density at radius 1 is 1.73 bits per heavy atom. The molecule has 0 saturated heterocycles. The number of hydrogen-bond acceptors (Lipinski definition) is 3. The average molecular weight is 159 g/mol. The van der Waals surface area contributed by atoms with E-state index in [1.807, 2.05) is 0 Å². The van der Waals surface area contributed by atoms with Crippen LogP contribution in [0.3, 0.4) is 0 Å². The molecule has 1 aliphatic carbocycles. The summed E-state index contributed by atoms with van der Waals surface area (Å²) in [4.78, 5) is 10.2. The molecule has 0 unspecified atom stereocenters. The summed E-state index contributed by atoms with van der Waals surface area (Å²) in [5.74, 6) is -0.336. The summed E-state index contributed by atoms with van der Waals surface area (Å²) in [7, 11) is 0. The molecule has 0 heterocycles. The van der Waals surface area contributed by atoms with Crippen LogP contribution in [0.1, 0.15) is 12.8 Å². The number of hydrogen-bond donors (Lipinski definition) is 2. The third-order valence-electron chi connectivity index (χ3n) is 1.67. The second-order valence-electron chi connectivity index (χ2n) is 2.93. The van der Waals surface area contributed by atoms with E-state index in [-0.39, 0.29) is 6.61 Å². The molecule has 0 spiro atoms. The van der Waals surface area contributed by atoms with Crippen LogP contribution in [0.25, 0.3) is 0 Å². The summed E-state index contributed by atoms with van der Waals surface area (Å²) in [5.41, 5.74) is 5.20. The molecule has 4 heteroatoms. The monoisotopic (exact) mass is 159 g/mol. The van der Waals surface area contributed by atoms with Gasteiger partial charge in [0.15, 0.2) is 0 Å². The lowest BCUT2D eigenvalue weighted by atomic mass is 10.3. The molecule has 0 aromatic rings. The van der Waals surface area contributed by atoms with Gasteiger partial charge in [-0.15, -0.1) is 0 Å². The number of rotatable bonds is 5. The molecule has 1 rings (SSSR count). The number of ether oxygens (including phenoxy) is 1. The number of nitrogens with two attached hydrogens (primary N) is 1. The molecule has 0 amide bonds. The molecule has 1 atom stereocenters. The van der Waals surface area contributed by atoms with Gasteiger partial charge in [-0.3, -0.25) is 4.79 Å². The maximum Gasteiger partial charge on any atom is 0.322 e. The van der Waals surface area contributed by atoms with Gasteiger partial charge in [-0.2, -0.15) is 0 Å². The fourth-order valence-corrected chi connectivity index (χ4v) is 0.717. The van der Waals surface area contributed by atoms with Crippen molar-refractivity contribution in [2.45, 2.75) is 18.9 Å². The first-order chi connectivity index (χ1) is 5.20. The summed E-state index contributed by atoms with van der Waals surface area (Å²) in [6, 6.07) is -0.867. The van der Waals surface area contributed by atoms with Crippen molar-refractivity contribution in [1.29, 1.82) is 0 Å². The minimum atomic E-state index is -0.999. The first-order valence-corrected chi connectivity index (χ1v) is 3.76. The van der Waals surface area contributed by atoms with Crippen molar-refractivity contribution in [1.82, 2.24) is 0 Å². The summed E-state index contributed by atoms with van der Waals surface area (Å²) in [6.07, 6.45) is 2.42. The Hall–Kier alpha value is -0.610. The molecule has 0 aromatic heterocycles. The van der Waals surface area contributed by atoms with Crippen LogP contribution in [0.15, 0.2) is 0 Å². The number of carbonyl (C=O) groups is 1. The van der Waals surface area contributed by atoms with Crippen LogP contribution in [0.2, 0.25) is 0 Å². The third kappa shape index (κ3) is 3.34. The summed E-state index contributed by atoms with van der Waals surface area (Å²) in [6.45, 7) is 0.798. The summed E-state index contributed by atoms with van der Waals surface area (Å²) < 4.78 is 5.07. The molecular formula is C7H13NO3. The van der Waals surface area contributed by atoms with Crippen molar-refractivity contribution in [3.8, 4) is 0 Å². The van der Waals surface area contributed by atoms with Crippen molar-refractivity contribution < 1.29 is 14.6 Å². The van der Waals surface area contributed by atoms with E-state index in [0.29, 0.717) is 12.5 Å². The van der Waals surface area contributed by atoms with Gasteiger partial charge in [-0.1, -0.05) is 0 Å². The van der Waals surface area contributed by atoms with Crippen LogP contribution >= 0.6 is 0 Å². The van der Waals surface area contributed by atoms with Gasteiger partial charge in [0.05, 0.1) is 6.61 Å². The topological polar surface area (TPSA) is 72.5 Å². The smallest absolute Gasteiger partial charge is 0.322 e. The molecule has 3 N–H and O–H groups in total. The van der Waals surface area contributed by atoms with E-state index in [1.54, 1.807) is 0 Å². The third-order valence-corrected chi connectivity index (χ3v) is 1.67. The lowest BCUT2D eigenvalue weighted by molar-refractivity contribution is -0.140. The zero-order chi connectivity index (χ0) is 8.27. The van der Waals surface area contributed by atoms with Crippen molar-refractivity contribution in [2.75, 3.05) is 13.2 Å². The molecule has 0 aliphatic heterocycles. The van der Waals surface area contributed by atoms with Crippen LogP contribution in [0.5, 0.6) is 0 Å². The Kier molecular flexibility index (Phi) is 2.84. The zero-order valence-corrected chi connectivity index (χ0v) is 6.32. The largest absolute Gasteiger partial charge is 0.480 e. The van der Waals surface area contributed by atoms with E-state index in [9.17, 15) is 4.79 Å². The Morgan fingerprint density at radius 2 is 2.36 bits per heavy atom. The number of carboxylic acid groups (broad SMARTS) is 1. The van der Waals surface area contributed by atoms with Crippen molar-refractivity contribution >= 4 is 5.97 Å². The van der Waals surface area contributed by atoms with Gasteiger partial charge in [0, 0.05) is 6.61 Å². The van der Waals surface area contributed by atoms with E-state index in [1.165, 1.54) is 12.8 Å². The van der Waals surface area contributed by atoms with Gasteiger partial charge in [0.1, 0.15) is 6.04 Å². The molecular weight excluding hydrogens is 146 g/mol. The Balaban J connectivity index is 1.96. The highest BCUT2D eigenvalue weighted by Gasteiger charge is 2.22. The normalized spacial score (nSPS) is 19.7. The molecule has 1 aliphatic rings. The first kappa shape index (κ1) is 8.49. The Morgan fingerprint density at radius 3 is 2.82 bits per heavy atom. The fourth-order valence-electron chi connectivity index (χ4n) is 0.717. The van der Waals surface area contributed by atoms with Crippen molar-refractivity contribution in [3.63, 3.8) is 0 Å². The van der Waals surface area contributed by atoms with Crippen LogP contribution in [0, 0.1) is 5.92 Å². The molecule has 0 aromatic carbocycles. The van der Waals surface area contributed by atoms with E-state index < -0.39 is 12.0 Å². The maximum atomic E-state index is 10.2. The van der Waals surface area contributed by atoms with Gasteiger partial charge >= 0.3 is 5.97 Å². The summed E-state index contributed by atoms with van der Waals surface area (Å²) in [5, 5.41) is 8.36. The van der Waals surface area contributed by atoms with Gasteiger partial charge in [0.25, 0.3) is 0 Å². The summed E-state index contributed by atoms with van der Waals surface area (Å²) >= 11 is 0. The zero-order valence-electron chi connectivity index (χ0n) is 6.32. The van der Waals surface area contributed by atoms with Gasteiger partial charge in [0.2, 0.25) is 0 Å². The fraction of sp³-hybridized carbons (Fsp3) is 0.857. The van der Waals surface area contributed by atoms with Crippen LogP contribution in [-0.4, -0.2) is 30.3 Å². The molecule has 1 fully saturated rings. The van der Waals surface area contributed by atoms with Crippen LogP contribution in [-0.2, 0) is 9.53 Å². The van der Waals surface area contributed by atoms with Gasteiger partial charge in [-0.25, -0.2) is 0 Å². The second-order valence-corrected chi connectivity index (χ2v) is 2.93. The average Bonchev–Trinajstić information content (AvgIpc) is 2.71. The predicted octanol–water partition coefficient (Wildman–Crippen LogP) is -0.175.